The predicted octanol–water partition coefficient (Wildman–Crippen LogP) is 1.76. The normalized spacial score (nSPS) is 11.4. The van der Waals surface area contributed by atoms with Gasteiger partial charge in [-0.1, -0.05) is 60.7 Å². The Balaban J connectivity index is 1.44. The number of ether oxygens (including phenoxy) is 3. The first-order valence-electron chi connectivity index (χ1n) is 10.7. The van der Waals surface area contributed by atoms with E-state index in [0.717, 1.165) is 11.1 Å². The van der Waals surface area contributed by atoms with Crippen LogP contribution in [0.15, 0.2) is 65.5 Å². The van der Waals surface area contributed by atoms with Gasteiger partial charge in [-0.2, -0.15) is 4.98 Å². The Hall–Kier alpha value is -3.77. The molecule has 178 valence electrons. The molecular formula is C23H27N7O4. The Bertz CT molecular complexity index is 1200. The molecule has 0 spiro atoms. The number of aromatic amines is 1. The van der Waals surface area contributed by atoms with Crippen LogP contribution in [0.1, 0.15) is 11.1 Å². The Kier molecular flexibility index (Phi) is 7.83. The van der Waals surface area contributed by atoms with Crippen LogP contribution in [0, 0.1) is 0 Å². The zero-order chi connectivity index (χ0) is 23.8. The summed E-state index contributed by atoms with van der Waals surface area (Å²) in [7, 11) is 0. The minimum atomic E-state index is -0.466. The Morgan fingerprint density at radius 3 is 2.09 bits per heavy atom. The molecule has 11 nitrogen and oxygen atoms in total. The molecule has 0 aliphatic rings. The highest BCUT2D eigenvalue weighted by Gasteiger charge is 2.18. The number of nitrogens with one attached hydrogen (secondary N) is 2. The number of H-pyrrole nitrogens is 1. The largest absolute Gasteiger partial charge is 0.374 e. The zero-order valence-corrected chi connectivity index (χ0v) is 18.5. The van der Waals surface area contributed by atoms with Crippen LogP contribution in [0.3, 0.4) is 0 Å². The fourth-order valence-corrected chi connectivity index (χ4v) is 3.35. The molecule has 2 aromatic carbocycles. The molecule has 6 N–H and O–H groups in total. The number of fused-ring (bicyclic) bond motifs is 1. The lowest BCUT2D eigenvalue weighted by atomic mass is 10.2. The minimum Gasteiger partial charge on any atom is -0.374 e. The van der Waals surface area contributed by atoms with Crippen molar-refractivity contribution >= 4 is 23.1 Å². The highest BCUT2D eigenvalue weighted by atomic mass is 16.6. The fourth-order valence-electron chi connectivity index (χ4n) is 3.35. The molecule has 2 heterocycles. The van der Waals surface area contributed by atoms with Crippen LogP contribution in [0.2, 0.25) is 0 Å². The second-order valence-electron chi connectivity index (χ2n) is 7.55. The van der Waals surface area contributed by atoms with Crippen LogP contribution >= 0.6 is 0 Å². The van der Waals surface area contributed by atoms with Crippen LogP contribution in [0.25, 0.3) is 11.2 Å². The molecule has 0 amide bonds. The molecule has 0 saturated heterocycles. The molecule has 11 heteroatoms. The van der Waals surface area contributed by atoms with Gasteiger partial charge >= 0.3 is 0 Å². The smallest absolute Gasteiger partial charge is 0.280 e. The molecule has 2 aromatic heterocycles. The van der Waals surface area contributed by atoms with Gasteiger partial charge in [0, 0.05) is 0 Å². The van der Waals surface area contributed by atoms with E-state index in [1.54, 1.807) is 0 Å². The van der Waals surface area contributed by atoms with Crippen LogP contribution in [-0.4, -0.2) is 38.8 Å². The summed E-state index contributed by atoms with van der Waals surface area (Å²) in [4.78, 5) is 22.9. The lowest BCUT2D eigenvalue weighted by Crippen LogP contribution is -2.27. The van der Waals surface area contributed by atoms with E-state index in [1.807, 2.05) is 60.7 Å². The van der Waals surface area contributed by atoms with E-state index in [0.29, 0.717) is 13.2 Å². The quantitative estimate of drug-likeness (QED) is 0.181. The van der Waals surface area contributed by atoms with Gasteiger partial charge in [-0.3, -0.25) is 19.8 Å². The third-order valence-corrected chi connectivity index (χ3v) is 5.02. The summed E-state index contributed by atoms with van der Waals surface area (Å²) in [6.07, 6.45) is -0.408. The van der Waals surface area contributed by atoms with Crippen molar-refractivity contribution in [2.75, 3.05) is 24.4 Å². The molecule has 0 atom stereocenters. The van der Waals surface area contributed by atoms with E-state index in [1.165, 1.54) is 4.57 Å². The number of imidazole rings is 1. The van der Waals surface area contributed by atoms with Crippen molar-refractivity contribution in [3.05, 3.63) is 82.1 Å². The van der Waals surface area contributed by atoms with Gasteiger partial charge in [0.1, 0.15) is 12.8 Å². The van der Waals surface area contributed by atoms with E-state index in [2.05, 4.69) is 20.4 Å². The predicted molar refractivity (Wildman–Crippen MR) is 127 cm³/mol. The number of anilines is 2. The van der Waals surface area contributed by atoms with Crippen molar-refractivity contribution in [2.45, 2.75) is 26.0 Å². The number of nitrogen functional groups attached to an aromatic ring is 2. The highest BCUT2D eigenvalue weighted by molar-refractivity contribution is 5.74. The number of rotatable bonds is 12. The van der Waals surface area contributed by atoms with Crippen LogP contribution in [0.4, 0.5) is 11.9 Å². The van der Waals surface area contributed by atoms with Gasteiger partial charge < -0.3 is 19.9 Å². The average Bonchev–Trinajstić information content (AvgIpc) is 3.21. The average molecular weight is 466 g/mol. The van der Waals surface area contributed by atoms with Crippen molar-refractivity contribution in [3.63, 3.8) is 0 Å². The molecule has 0 bridgehead atoms. The standard InChI is InChI=1S/C23H27N7O4/c24-22-27-20-19(21(31)28-22)26-23(29-25)30(20)15-34-18(13-32-11-16-7-3-1-4-8-16)14-33-12-17-9-5-2-6-10-17/h1-10,18H,11-15,25H2,(H,26,29)(H3,24,27,28,31). The topological polar surface area (TPSA) is 155 Å². The Morgan fingerprint density at radius 1 is 0.941 bits per heavy atom. The van der Waals surface area contributed by atoms with Crippen molar-refractivity contribution in [2.24, 2.45) is 5.84 Å². The Labute approximate surface area is 195 Å². The minimum absolute atomic E-state index is 0.0000126. The van der Waals surface area contributed by atoms with E-state index in [-0.39, 0.29) is 43.0 Å². The molecule has 0 aliphatic carbocycles. The number of aromatic nitrogens is 4. The van der Waals surface area contributed by atoms with Crippen molar-refractivity contribution in [1.29, 1.82) is 0 Å². The SMILES string of the molecule is NNc1nc2c(=O)[nH]c(N)nc2n1COC(COCc1ccccc1)COCc1ccccc1. The molecule has 0 fully saturated rings. The summed E-state index contributed by atoms with van der Waals surface area (Å²) < 4.78 is 19.4. The summed E-state index contributed by atoms with van der Waals surface area (Å²) in [6, 6.07) is 19.7. The molecule has 4 aromatic rings. The number of nitrogens with zero attached hydrogens (tertiary/aromatic N) is 3. The summed E-state index contributed by atoms with van der Waals surface area (Å²) in [5.41, 5.74) is 10.2. The molecule has 0 radical (unpaired) electrons. The second-order valence-corrected chi connectivity index (χ2v) is 7.55. The molecule has 34 heavy (non-hydrogen) atoms. The van der Waals surface area contributed by atoms with Crippen molar-refractivity contribution in [3.8, 4) is 0 Å². The maximum Gasteiger partial charge on any atom is 0.280 e. The van der Waals surface area contributed by atoms with Crippen molar-refractivity contribution in [1.82, 2.24) is 19.5 Å². The maximum atomic E-state index is 12.2. The number of hydrazine groups is 1. The lowest BCUT2D eigenvalue weighted by molar-refractivity contribution is -0.0862. The van der Waals surface area contributed by atoms with E-state index in [4.69, 9.17) is 25.8 Å². The van der Waals surface area contributed by atoms with Gasteiger partial charge in [0.25, 0.3) is 5.56 Å². The molecule has 4 rings (SSSR count). The summed E-state index contributed by atoms with van der Waals surface area (Å²) >= 11 is 0. The van der Waals surface area contributed by atoms with E-state index in [9.17, 15) is 4.79 Å². The molecule has 0 aliphatic heterocycles. The highest BCUT2D eigenvalue weighted by Crippen LogP contribution is 2.16. The number of nitrogens with two attached hydrogens (primary N) is 2. The Morgan fingerprint density at radius 2 is 1.53 bits per heavy atom. The molecule has 0 saturated carbocycles. The first-order valence-corrected chi connectivity index (χ1v) is 10.7. The lowest BCUT2D eigenvalue weighted by Gasteiger charge is -2.19. The second kappa shape index (κ2) is 11.4. The van der Waals surface area contributed by atoms with E-state index < -0.39 is 11.7 Å². The van der Waals surface area contributed by atoms with Gasteiger partial charge in [-0.25, -0.2) is 10.8 Å². The molecular weight excluding hydrogens is 438 g/mol. The summed E-state index contributed by atoms with van der Waals surface area (Å²) in [5, 5.41) is 0. The van der Waals surface area contributed by atoms with Crippen LogP contribution < -0.4 is 22.6 Å². The van der Waals surface area contributed by atoms with Crippen LogP contribution in [-0.2, 0) is 34.2 Å². The van der Waals surface area contributed by atoms with Gasteiger partial charge in [0.15, 0.2) is 11.2 Å². The maximum absolute atomic E-state index is 12.2. The first-order chi connectivity index (χ1) is 16.6. The van der Waals surface area contributed by atoms with E-state index >= 15 is 0 Å². The first kappa shape index (κ1) is 23.4. The fraction of sp³-hybridized carbons (Fsp3) is 0.261. The summed E-state index contributed by atoms with van der Waals surface area (Å²) in [5.74, 6) is 5.77. The third kappa shape index (κ3) is 5.97. The summed E-state index contributed by atoms with van der Waals surface area (Å²) in [6.45, 7) is 1.46. The van der Waals surface area contributed by atoms with Gasteiger partial charge in [-0.15, -0.1) is 0 Å². The number of hydrogen-bond donors (Lipinski definition) is 4. The monoisotopic (exact) mass is 465 g/mol. The third-order valence-electron chi connectivity index (χ3n) is 5.02. The molecule has 0 unspecified atom stereocenters. The van der Waals surface area contributed by atoms with Crippen LogP contribution in [0.5, 0.6) is 0 Å². The van der Waals surface area contributed by atoms with Gasteiger partial charge in [0.2, 0.25) is 11.9 Å². The van der Waals surface area contributed by atoms with Gasteiger partial charge in [-0.05, 0) is 11.1 Å². The zero-order valence-electron chi connectivity index (χ0n) is 18.5. The number of benzene rings is 2. The van der Waals surface area contributed by atoms with Gasteiger partial charge in [0.05, 0.1) is 26.4 Å². The number of hydrogen-bond acceptors (Lipinski definition) is 9. The van der Waals surface area contributed by atoms with Crippen molar-refractivity contribution < 1.29 is 14.2 Å².